The molecule has 0 spiro atoms. The quantitative estimate of drug-likeness (QED) is 0.0199. The van der Waals surface area contributed by atoms with Crippen molar-refractivity contribution in [2.24, 2.45) is 0 Å². The van der Waals surface area contributed by atoms with Crippen molar-refractivity contribution >= 4 is 5.91 Å². The summed E-state index contributed by atoms with van der Waals surface area (Å²) in [4.78, 5) is 13.4. The van der Waals surface area contributed by atoms with Crippen LogP contribution >= 0.6 is 0 Å². The number of aliphatic hydroxyl groups is 11. The fourth-order valence-electron chi connectivity index (χ4n) is 12.3. The van der Waals surface area contributed by atoms with Gasteiger partial charge in [-0.3, -0.25) is 4.79 Å². The van der Waals surface area contributed by atoms with Gasteiger partial charge in [0, 0.05) is 6.42 Å². The van der Waals surface area contributed by atoms with Crippen molar-refractivity contribution in [1.82, 2.24) is 5.32 Å². The van der Waals surface area contributed by atoms with Gasteiger partial charge in [-0.1, -0.05) is 273 Å². The molecule has 546 valence electrons. The second kappa shape index (κ2) is 56.0. The van der Waals surface area contributed by atoms with Crippen LogP contribution in [0.3, 0.4) is 0 Å². The standard InChI is InChI=1S/C75H133NO18/c1-3-5-7-9-11-13-15-17-19-21-22-23-24-25-26-27-28-29-30-31-32-33-34-35-37-38-40-42-44-46-48-50-52-59(80)58(76-63(81)53-51-49-47-45-43-41-39-36-20-18-16-14-12-10-8-6-4-2)57-89-73-69(87)66(84)71(61(55-78)91-73)94-75-70(88)67(85)72(62(56-79)92-75)93-74-68(86)65(83)64(82)60(54-77)90-74/h6,8,12,14,18,20,39,41,45,47,50,52,58-62,64-75,77-80,82-88H,3-5,7,9-11,13,15-17,19,21-38,40,42-44,46,48-49,51,53-57H2,1-2H3,(H,76,81)/b8-6-,14-12-,20-18-,41-39-,47-45-,52-50+. The average molecular weight is 1340 g/mol. The molecule has 0 aromatic rings. The number of unbranched alkanes of at least 4 members (excludes halogenated alkanes) is 31. The van der Waals surface area contributed by atoms with Crippen LogP contribution in [0.25, 0.3) is 0 Å². The van der Waals surface area contributed by atoms with Crippen molar-refractivity contribution in [2.75, 3.05) is 26.4 Å². The van der Waals surface area contributed by atoms with Crippen LogP contribution in [-0.4, -0.2) is 193 Å². The molecule has 3 fully saturated rings. The Bertz CT molecular complexity index is 1980. The Hall–Kier alpha value is -2.77. The van der Waals surface area contributed by atoms with Crippen LogP contribution in [0, 0.1) is 0 Å². The average Bonchev–Trinajstić information content (AvgIpc) is 0.787. The van der Waals surface area contributed by atoms with Crippen molar-refractivity contribution in [2.45, 2.75) is 369 Å². The van der Waals surface area contributed by atoms with E-state index in [1.807, 2.05) is 12.2 Å². The minimum atomic E-state index is -1.99. The summed E-state index contributed by atoms with van der Waals surface area (Å²) in [5, 5.41) is 121. The largest absolute Gasteiger partial charge is 0.394 e. The number of amides is 1. The highest BCUT2D eigenvalue weighted by Crippen LogP contribution is 2.33. The zero-order valence-corrected chi connectivity index (χ0v) is 57.9. The van der Waals surface area contributed by atoms with Gasteiger partial charge in [0.15, 0.2) is 18.9 Å². The van der Waals surface area contributed by atoms with E-state index in [9.17, 15) is 61.0 Å². The zero-order valence-electron chi connectivity index (χ0n) is 57.9. The first-order chi connectivity index (χ1) is 45.8. The van der Waals surface area contributed by atoms with Gasteiger partial charge in [0.05, 0.1) is 38.6 Å². The van der Waals surface area contributed by atoms with E-state index in [-0.39, 0.29) is 18.9 Å². The van der Waals surface area contributed by atoms with Gasteiger partial charge in [-0.05, 0) is 57.8 Å². The van der Waals surface area contributed by atoms with Crippen molar-refractivity contribution in [3.05, 3.63) is 72.9 Å². The SMILES string of the molecule is CC/C=C\C/C=C\C/C=C\C/C=C\C/C=C\CCCC(=O)NC(COC1OC(CO)C(OC2OC(CO)C(OC3OC(CO)C(O)C(O)C3O)C(O)C2O)C(O)C1O)C(O)/C=C/CCCCCCCCCCCCCCCCCCCCCCCCCCCCCCCC. The van der Waals surface area contributed by atoms with Crippen LogP contribution in [0.5, 0.6) is 0 Å². The predicted octanol–water partition coefficient (Wildman–Crippen LogP) is 10.9. The van der Waals surface area contributed by atoms with Crippen LogP contribution in [0.15, 0.2) is 72.9 Å². The maximum Gasteiger partial charge on any atom is 0.220 e. The first-order valence-electron chi connectivity index (χ1n) is 37.2. The summed E-state index contributed by atoms with van der Waals surface area (Å²) in [5.74, 6) is -0.332. The third kappa shape index (κ3) is 36.9. The highest BCUT2D eigenvalue weighted by atomic mass is 16.8. The molecule has 0 bridgehead atoms. The van der Waals surface area contributed by atoms with Gasteiger partial charge < -0.3 is 89.9 Å². The summed E-state index contributed by atoms with van der Waals surface area (Å²) in [5.41, 5.74) is 0. The van der Waals surface area contributed by atoms with E-state index in [2.05, 4.69) is 73.8 Å². The molecule has 0 radical (unpaired) electrons. The first-order valence-corrected chi connectivity index (χ1v) is 37.2. The van der Waals surface area contributed by atoms with Crippen LogP contribution in [0.1, 0.15) is 264 Å². The summed E-state index contributed by atoms with van der Waals surface area (Å²) in [6, 6.07) is -1.01. The van der Waals surface area contributed by atoms with Crippen LogP contribution < -0.4 is 5.32 Å². The Kier molecular flexibility index (Phi) is 50.9. The molecule has 3 aliphatic rings. The normalized spacial score (nSPS) is 27.8. The highest BCUT2D eigenvalue weighted by Gasteiger charge is 2.53. The van der Waals surface area contributed by atoms with Crippen LogP contribution in [0.2, 0.25) is 0 Å². The van der Waals surface area contributed by atoms with E-state index >= 15 is 0 Å². The van der Waals surface area contributed by atoms with Gasteiger partial charge in [0.1, 0.15) is 73.2 Å². The Morgan fingerprint density at radius 1 is 0.394 bits per heavy atom. The molecular weight excluding hydrogens is 1200 g/mol. The molecule has 17 unspecified atom stereocenters. The number of allylic oxidation sites excluding steroid dienone is 11. The number of rotatable bonds is 57. The Balaban J connectivity index is 1.39. The fourth-order valence-corrected chi connectivity index (χ4v) is 12.3. The molecule has 3 saturated heterocycles. The number of carbonyl (C=O) groups excluding carboxylic acids is 1. The Morgan fingerprint density at radius 2 is 0.734 bits per heavy atom. The molecule has 19 nitrogen and oxygen atoms in total. The van der Waals surface area contributed by atoms with Crippen molar-refractivity contribution in [3.8, 4) is 0 Å². The molecule has 0 saturated carbocycles. The second-order valence-electron chi connectivity index (χ2n) is 26.4. The van der Waals surface area contributed by atoms with Gasteiger partial charge in [0.25, 0.3) is 0 Å². The highest BCUT2D eigenvalue weighted by molar-refractivity contribution is 5.76. The molecule has 17 atom stereocenters. The monoisotopic (exact) mass is 1340 g/mol. The summed E-state index contributed by atoms with van der Waals surface area (Å²) in [7, 11) is 0. The van der Waals surface area contributed by atoms with E-state index in [0.29, 0.717) is 12.8 Å². The molecule has 94 heavy (non-hydrogen) atoms. The van der Waals surface area contributed by atoms with Crippen molar-refractivity contribution in [1.29, 1.82) is 0 Å². The number of aliphatic hydroxyl groups excluding tert-OH is 11. The van der Waals surface area contributed by atoms with Gasteiger partial charge in [-0.15, -0.1) is 0 Å². The number of nitrogens with one attached hydrogen (secondary N) is 1. The molecule has 3 aliphatic heterocycles. The summed E-state index contributed by atoms with van der Waals surface area (Å²) < 4.78 is 34.3. The van der Waals surface area contributed by atoms with E-state index in [4.69, 9.17) is 28.4 Å². The smallest absolute Gasteiger partial charge is 0.220 e. The lowest BCUT2D eigenvalue weighted by Crippen LogP contribution is -2.66. The maximum atomic E-state index is 13.4. The third-order valence-corrected chi connectivity index (χ3v) is 18.3. The molecule has 0 aromatic heterocycles. The minimum absolute atomic E-state index is 0.162. The van der Waals surface area contributed by atoms with Crippen molar-refractivity contribution < 1.29 is 89.4 Å². The molecule has 0 aromatic carbocycles. The summed E-state index contributed by atoms with van der Waals surface area (Å²) in [6.45, 7) is 1.59. The molecular formula is C75H133NO18. The molecule has 12 N–H and O–H groups in total. The second-order valence-corrected chi connectivity index (χ2v) is 26.4. The fraction of sp³-hybridized carbons (Fsp3) is 0.827. The number of carbonyl (C=O) groups is 1. The van der Waals surface area contributed by atoms with E-state index in [1.165, 1.54) is 173 Å². The van der Waals surface area contributed by atoms with Gasteiger partial charge >= 0.3 is 0 Å². The Morgan fingerprint density at radius 3 is 1.14 bits per heavy atom. The third-order valence-electron chi connectivity index (χ3n) is 18.3. The lowest BCUT2D eigenvalue weighted by atomic mass is 9.96. The predicted molar refractivity (Wildman–Crippen MR) is 369 cm³/mol. The molecule has 3 heterocycles. The molecule has 3 rings (SSSR count). The first kappa shape index (κ1) is 85.5. The van der Waals surface area contributed by atoms with Gasteiger partial charge in [-0.25, -0.2) is 0 Å². The Labute approximate surface area is 566 Å². The van der Waals surface area contributed by atoms with Crippen LogP contribution in [0.4, 0.5) is 0 Å². The van der Waals surface area contributed by atoms with E-state index < -0.39 is 124 Å². The number of hydrogen-bond acceptors (Lipinski definition) is 18. The molecule has 19 heteroatoms. The number of ether oxygens (including phenoxy) is 6. The molecule has 0 aliphatic carbocycles. The van der Waals surface area contributed by atoms with E-state index in [0.717, 1.165) is 57.8 Å². The van der Waals surface area contributed by atoms with Crippen LogP contribution in [-0.2, 0) is 33.2 Å². The van der Waals surface area contributed by atoms with Gasteiger partial charge in [0.2, 0.25) is 5.91 Å². The zero-order chi connectivity index (χ0) is 68.2. The maximum absolute atomic E-state index is 13.4. The van der Waals surface area contributed by atoms with E-state index in [1.54, 1.807) is 6.08 Å². The topological polar surface area (TPSA) is 307 Å². The number of hydrogen-bond donors (Lipinski definition) is 12. The van der Waals surface area contributed by atoms with Crippen molar-refractivity contribution in [3.63, 3.8) is 0 Å². The summed E-state index contributed by atoms with van der Waals surface area (Å²) in [6.07, 6.45) is 44.8. The summed E-state index contributed by atoms with van der Waals surface area (Å²) >= 11 is 0. The minimum Gasteiger partial charge on any atom is -0.394 e. The lowest BCUT2D eigenvalue weighted by Gasteiger charge is -2.48. The lowest BCUT2D eigenvalue weighted by molar-refractivity contribution is -0.379. The van der Waals surface area contributed by atoms with Gasteiger partial charge in [-0.2, -0.15) is 0 Å². The molecule has 1 amide bonds.